The van der Waals surface area contributed by atoms with Gasteiger partial charge in [-0.2, -0.15) is 9.78 Å². The predicted octanol–water partition coefficient (Wildman–Crippen LogP) is 1.33. The van der Waals surface area contributed by atoms with E-state index in [2.05, 4.69) is 5.10 Å². The molecular formula is C13H13N3O3. The number of esters is 1. The molecule has 19 heavy (non-hydrogen) atoms. The first-order valence-corrected chi connectivity index (χ1v) is 5.75. The van der Waals surface area contributed by atoms with Gasteiger partial charge in [-0.3, -0.25) is 4.79 Å². The van der Waals surface area contributed by atoms with E-state index in [1.54, 1.807) is 37.3 Å². The van der Waals surface area contributed by atoms with Crippen molar-refractivity contribution in [2.45, 2.75) is 6.92 Å². The van der Waals surface area contributed by atoms with Crippen LogP contribution in [0, 0.1) is 0 Å². The number of aromatic nitrogens is 2. The summed E-state index contributed by atoms with van der Waals surface area (Å²) in [5.41, 5.74) is 6.28. The Kier molecular flexibility index (Phi) is 3.61. The third-order valence-electron chi connectivity index (χ3n) is 2.51. The van der Waals surface area contributed by atoms with Crippen LogP contribution in [-0.4, -0.2) is 28.3 Å². The van der Waals surface area contributed by atoms with Gasteiger partial charge in [0.15, 0.2) is 0 Å². The maximum atomic E-state index is 12.1. The van der Waals surface area contributed by atoms with Gasteiger partial charge in [-0.05, 0) is 19.1 Å². The van der Waals surface area contributed by atoms with Gasteiger partial charge in [0, 0.05) is 5.56 Å². The molecule has 0 radical (unpaired) electrons. The number of hydrogen-bond acceptors (Lipinski definition) is 5. The Hall–Kier alpha value is -2.63. The fraction of sp³-hybridized carbons (Fsp3) is 0.154. The minimum absolute atomic E-state index is 0.0210. The van der Waals surface area contributed by atoms with E-state index in [9.17, 15) is 9.59 Å². The Morgan fingerprint density at radius 3 is 2.63 bits per heavy atom. The van der Waals surface area contributed by atoms with Crippen LogP contribution in [0.15, 0.2) is 36.5 Å². The monoisotopic (exact) mass is 259 g/mol. The summed E-state index contributed by atoms with van der Waals surface area (Å²) in [6, 6.07) is 8.56. The van der Waals surface area contributed by atoms with Crippen molar-refractivity contribution in [3.05, 3.63) is 47.7 Å². The van der Waals surface area contributed by atoms with E-state index in [1.807, 2.05) is 0 Å². The van der Waals surface area contributed by atoms with Crippen LogP contribution < -0.4 is 5.73 Å². The smallest absolute Gasteiger partial charge is 0.343 e. The summed E-state index contributed by atoms with van der Waals surface area (Å²) in [6.45, 7) is 1.92. The highest BCUT2D eigenvalue weighted by Crippen LogP contribution is 2.14. The number of ether oxygens (including phenoxy) is 1. The number of benzene rings is 1. The molecule has 0 bridgehead atoms. The van der Waals surface area contributed by atoms with Crippen LogP contribution in [-0.2, 0) is 4.74 Å². The first kappa shape index (κ1) is 12.8. The van der Waals surface area contributed by atoms with Crippen molar-refractivity contribution in [2.24, 2.45) is 0 Å². The maximum Gasteiger partial charge on any atom is 0.343 e. The van der Waals surface area contributed by atoms with Crippen LogP contribution in [0.4, 0.5) is 5.82 Å². The van der Waals surface area contributed by atoms with Crippen molar-refractivity contribution >= 4 is 17.7 Å². The molecule has 0 unspecified atom stereocenters. The number of carbonyl (C=O) groups excluding carboxylic acids is 2. The lowest BCUT2D eigenvalue weighted by Crippen LogP contribution is -2.17. The van der Waals surface area contributed by atoms with Gasteiger partial charge in [-0.25, -0.2) is 4.79 Å². The molecule has 1 aromatic carbocycles. The number of rotatable bonds is 3. The quantitative estimate of drug-likeness (QED) is 0.840. The molecule has 6 nitrogen and oxygen atoms in total. The zero-order valence-corrected chi connectivity index (χ0v) is 10.4. The van der Waals surface area contributed by atoms with Crippen molar-refractivity contribution in [2.75, 3.05) is 12.3 Å². The molecular weight excluding hydrogens is 246 g/mol. The minimum Gasteiger partial charge on any atom is -0.462 e. The SMILES string of the molecule is CCOC(=O)c1cnn(C(=O)c2ccccc2)c1N. The maximum absolute atomic E-state index is 12.1. The summed E-state index contributed by atoms with van der Waals surface area (Å²) in [6.07, 6.45) is 1.23. The van der Waals surface area contributed by atoms with Gasteiger partial charge < -0.3 is 10.5 Å². The highest BCUT2D eigenvalue weighted by molar-refractivity contribution is 6.01. The summed E-state index contributed by atoms with van der Waals surface area (Å²) in [7, 11) is 0. The van der Waals surface area contributed by atoms with E-state index in [-0.39, 0.29) is 18.0 Å². The largest absolute Gasteiger partial charge is 0.462 e. The van der Waals surface area contributed by atoms with Gasteiger partial charge in [0.05, 0.1) is 12.8 Å². The van der Waals surface area contributed by atoms with Crippen molar-refractivity contribution < 1.29 is 14.3 Å². The molecule has 0 aliphatic carbocycles. The molecule has 0 amide bonds. The standard InChI is InChI=1S/C13H13N3O3/c1-2-19-13(18)10-8-15-16(11(10)14)12(17)9-6-4-3-5-7-9/h3-8H,2,14H2,1H3. The Morgan fingerprint density at radius 2 is 2.00 bits per heavy atom. The second-order valence-electron chi connectivity index (χ2n) is 3.75. The molecule has 0 aliphatic heterocycles. The van der Waals surface area contributed by atoms with Gasteiger partial charge in [0.2, 0.25) is 0 Å². The van der Waals surface area contributed by atoms with Crippen LogP contribution >= 0.6 is 0 Å². The second-order valence-corrected chi connectivity index (χ2v) is 3.75. The average Bonchev–Trinajstić information content (AvgIpc) is 2.81. The number of nitrogens with zero attached hydrogens (tertiary/aromatic N) is 2. The van der Waals surface area contributed by atoms with Crippen molar-refractivity contribution in [3.63, 3.8) is 0 Å². The van der Waals surface area contributed by atoms with E-state index >= 15 is 0 Å². The van der Waals surface area contributed by atoms with Crippen LogP contribution in [0.2, 0.25) is 0 Å². The highest BCUT2D eigenvalue weighted by Gasteiger charge is 2.20. The summed E-state index contributed by atoms with van der Waals surface area (Å²) >= 11 is 0. The van der Waals surface area contributed by atoms with E-state index in [0.29, 0.717) is 5.56 Å². The summed E-state index contributed by atoms with van der Waals surface area (Å²) in [5, 5.41) is 3.84. The average molecular weight is 259 g/mol. The Labute approximate surface area is 109 Å². The van der Waals surface area contributed by atoms with Crippen molar-refractivity contribution in [1.82, 2.24) is 9.78 Å². The van der Waals surface area contributed by atoms with Crippen molar-refractivity contribution in [1.29, 1.82) is 0 Å². The molecule has 6 heteroatoms. The number of hydrogen-bond donors (Lipinski definition) is 1. The van der Waals surface area contributed by atoms with Gasteiger partial charge in [-0.15, -0.1) is 0 Å². The van der Waals surface area contributed by atoms with Crippen LogP contribution in [0.1, 0.15) is 27.6 Å². The first-order chi connectivity index (χ1) is 9.15. The molecule has 1 heterocycles. The normalized spacial score (nSPS) is 10.2. The van der Waals surface area contributed by atoms with Gasteiger partial charge in [0.25, 0.3) is 5.91 Å². The van der Waals surface area contributed by atoms with E-state index < -0.39 is 11.9 Å². The summed E-state index contributed by atoms with van der Waals surface area (Å²) in [4.78, 5) is 23.7. The molecule has 2 N–H and O–H groups in total. The molecule has 0 saturated carbocycles. The fourth-order valence-electron chi connectivity index (χ4n) is 1.59. The van der Waals surface area contributed by atoms with Crippen molar-refractivity contribution in [3.8, 4) is 0 Å². The number of carbonyl (C=O) groups is 2. The van der Waals surface area contributed by atoms with Crippen LogP contribution in [0.25, 0.3) is 0 Å². The number of nitrogen functional groups attached to an aromatic ring is 1. The van der Waals surface area contributed by atoms with Gasteiger partial charge in [-0.1, -0.05) is 18.2 Å². The molecule has 2 aromatic rings. The minimum atomic E-state index is -0.591. The van der Waals surface area contributed by atoms with E-state index in [0.717, 1.165) is 4.68 Å². The molecule has 2 rings (SSSR count). The van der Waals surface area contributed by atoms with E-state index in [4.69, 9.17) is 10.5 Å². The molecule has 0 spiro atoms. The Morgan fingerprint density at radius 1 is 1.32 bits per heavy atom. The zero-order valence-electron chi connectivity index (χ0n) is 10.4. The molecule has 1 aromatic heterocycles. The number of anilines is 1. The van der Waals surface area contributed by atoms with Crippen LogP contribution in [0.3, 0.4) is 0 Å². The fourth-order valence-corrected chi connectivity index (χ4v) is 1.59. The van der Waals surface area contributed by atoms with Gasteiger partial charge >= 0.3 is 5.97 Å². The van der Waals surface area contributed by atoms with E-state index in [1.165, 1.54) is 6.20 Å². The lowest BCUT2D eigenvalue weighted by molar-refractivity contribution is 0.0527. The Bertz CT molecular complexity index is 605. The Balaban J connectivity index is 2.32. The van der Waals surface area contributed by atoms with Crippen LogP contribution in [0.5, 0.6) is 0 Å². The summed E-state index contributed by atoms with van der Waals surface area (Å²) in [5.74, 6) is -1.01. The lowest BCUT2D eigenvalue weighted by atomic mass is 10.2. The molecule has 98 valence electrons. The van der Waals surface area contributed by atoms with Gasteiger partial charge in [0.1, 0.15) is 11.4 Å². The lowest BCUT2D eigenvalue weighted by Gasteiger charge is -2.04. The first-order valence-electron chi connectivity index (χ1n) is 5.75. The highest BCUT2D eigenvalue weighted by atomic mass is 16.5. The molecule has 0 atom stereocenters. The third-order valence-corrected chi connectivity index (χ3v) is 2.51. The third kappa shape index (κ3) is 2.47. The molecule has 0 saturated heterocycles. The topological polar surface area (TPSA) is 87.2 Å². The molecule has 0 aliphatic rings. The second kappa shape index (κ2) is 5.34. The zero-order chi connectivity index (χ0) is 13.8. The predicted molar refractivity (Wildman–Crippen MR) is 68.8 cm³/mol. The molecule has 0 fully saturated rings. The summed E-state index contributed by atoms with van der Waals surface area (Å²) < 4.78 is 5.81. The number of nitrogens with two attached hydrogens (primary N) is 1.